The van der Waals surface area contributed by atoms with Crippen LogP contribution in [0.2, 0.25) is 0 Å². The first-order valence-electron chi connectivity index (χ1n) is 8.12. The first-order chi connectivity index (χ1) is 9.08. The van der Waals surface area contributed by atoms with Gasteiger partial charge in [-0.25, -0.2) is 0 Å². The Hall–Kier alpha value is -0.120. The molecular weight excluding hydrogens is 250 g/mol. The average molecular weight is 285 g/mol. The van der Waals surface area contributed by atoms with Crippen LogP contribution in [0.3, 0.4) is 0 Å². The largest absolute Gasteiger partial charge is 0.389 e. The Balaban J connectivity index is 2.18. The van der Waals surface area contributed by atoms with Gasteiger partial charge in [0.05, 0.1) is 18.8 Å². The van der Waals surface area contributed by atoms with Gasteiger partial charge in [-0.2, -0.15) is 0 Å². The van der Waals surface area contributed by atoms with Crippen LogP contribution >= 0.6 is 0 Å². The van der Waals surface area contributed by atoms with Crippen molar-refractivity contribution in [3.63, 3.8) is 0 Å². The smallest absolute Gasteiger partial charge is 0.0898 e. The van der Waals surface area contributed by atoms with Gasteiger partial charge in [0.2, 0.25) is 0 Å². The van der Waals surface area contributed by atoms with Crippen LogP contribution in [0.1, 0.15) is 67.2 Å². The molecule has 1 saturated carbocycles. The molecule has 0 aromatic heterocycles. The highest BCUT2D eigenvalue weighted by atomic mass is 16.5. The van der Waals surface area contributed by atoms with Crippen LogP contribution in [0.15, 0.2) is 0 Å². The summed E-state index contributed by atoms with van der Waals surface area (Å²) in [6.45, 7) is 14.4. The highest BCUT2D eigenvalue weighted by Gasteiger charge is 2.30. The lowest BCUT2D eigenvalue weighted by Crippen LogP contribution is -2.42. The Morgan fingerprint density at radius 1 is 1.05 bits per heavy atom. The van der Waals surface area contributed by atoms with E-state index in [9.17, 15) is 5.11 Å². The molecule has 1 aliphatic rings. The molecule has 120 valence electrons. The summed E-state index contributed by atoms with van der Waals surface area (Å²) in [5.41, 5.74) is 0.465. The predicted octanol–water partition coefficient (Wildman–Crippen LogP) is 3.36. The van der Waals surface area contributed by atoms with Crippen LogP contribution in [-0.4, -0.2) is 36.0 Å². The van der Waals surface area contributed by atoms with Crippen molar-refractivity contribution in [2.24, 2.45) is 11.3 Å². The van der Waals surface area contributed by atoms with Crippen LogP contribution in [0.25, 0.3) is 0 Å². The molecule has 3 nitrogen and oxygen atoms in total. The first kappa shape index (κ1) is 17.9. The summed E-state index contributed by atoms with van der Waals surface area (Å²) in [6.07, 6.45) is 4.73. The molecule has 2 N–H and O–H groups in total. The zero-order valence-electron chi connectivity index (χ0n) is 14.3. The topological polar surface area (TPSA) is 41.5 Å². The molecule has 0 unspecified atom stereocenters. The minimum absolute atomic E-state index is 0.0474. The lowest BCUT2D eigenvalue weighted by atomic mass is 9.72. The van der Waals surface area contributed by atoms with Crippen molar-refractivity contribution in [2.75, 3.05) is 13.2 Å². The van der Waals surface area contributed by atoms with Crippen molar-refractivity contribution in [1.29, 1.82) is 0 Å². The molecule has 1 rings (SSSR count). The number of nitrogens with one attached hydrogen (secondary N) is 1. The summed E-state index contributed by atoms with van der Waals surface area (Å²) < 4.78 is 5.88. The first-order valence-corrected chi connectivity index (χ1v) is 8.12. The van der Waals surface area contributed by atoms with Gasteiger partial charge >= 0.3 is 0 Å². The Bertz CT molecular complexity index is 270. The summed E-state index contributed by atoms with van der Waals surface area (Å²) in [6, 6.07) is 0. The van der Waals surface area contributed by atoms with Gasteiger partial charge in [-0.05, 0) is 57.8 Å². The van der Waals surface area contributed by atoms with Crippen LogP contribution in [0.5, 0.6) is 0 Å². The van der Waals surface area contributed by atoms with Crippen molar-refractivity contribution in [2.45, 2.75) is 85.0 Å². The van der Waals surface area contributed by atoms with Gasteiger partial charge in [0.15, 0.2) is 0 Å². The van der Waals surface area contributed by atoms with Crippen molar-refractivity contribution < 1.29 is 9.84 Å². The van der Waals surface area contributed by atoms with E-state index in [4.69, 9.17) is 4.74 Å². The molecule has 1 atom stereocenters. The number of rotatable bonds is 5. The van der Waals surface area contributed by atoms with E-state index in [2.05, 4.69) is 46.9 Å². The zero-order chi connectivity index (χ0) is 15.4. The fourth-order valence-corrected chi connectivity index (χ4v) is 2.83. The Morgan fingerprint density at radius 3 is 2.05 bits per heavy atom. The Labute approximate surface area is 125 Å². The summed E-state index contributed by atoms with van der Waals surface area (Å²) in [7, 11) is 0. The van der Waals surface area contributed by atoms with E-state index in [1.54, 1.807) is 0 Å². The molecule has 0 aromatic rings. The number of hydrogen-bond donors (Lipinski definition) is 2. The van der Waals surface area contributed by atoms with Gasteiger partial charge in [-0.1, -0.05) is 20.8 Å². The quantitative estimate of drug-likeness (QED) is 0.814. The second-order valence-corrected chi connectivity index (χ2v) is 8.46. The normalized spacial score (nSPS) is 26.6. The predicted molar refractivity (Wildman–Crippen MR) is 84.9 cm³/mol. The van der Waals surface area contributed by atoms with E-state index >= 15 is 0 Å². The van der Waals surface area contributed by atoms with Gasteiger partial charge in [-0.15, -0.1) is 0 Å². The molecule has 20 heavy (non-hydrogen) atoms. The molecular formula is C17H35NO2. The van der Waals surface area contributed by atoms with Crippen LogP contribution in [0, 0.1) is 11.3 Å². The van der Waals surface area contributed by atoms with Crippen LogP contribution in [-0.2, 0) is 4.74 Å². The molecule has 0 saturated heterocycles. The maximum atomic E-state index is 9.94. The molecule has 1 aliphatic carbocycles. The molecule has 0 amide bonds. The lowest BCUT2D eigenvalue weighted by molar-refractivity contribution is -0.0371. The summed E-state index contributed by atoms with van der Waals surface area (Å²) >= 11 is 0. The van der Waals surface area contributed by atoms with Crippen molar-refractivity contribution >= 4 is 0 Å². The molecule has 0 aliphatic heterocycles. The van der Waals surface area contributed by atoms with E-state index in [0.717, 1.165) is 18.8 Å². The van der Waals surface area contributed by atoms with Gasteiger partial charge in [0, 0.05) is 12.1 Å². The number of aliphatic hydroxyl groups is 1. The third-order valence-electron chi connectivity index (χ3n) is 4.29. The van der Waals surface area contributed by atoms with E-state index < -0.39 is 6.10 Å². The van der Waals surface area contributed by atoms with Gasteiger partial charge in [0.1, 0.15) is 0 Å². The van der Waals surface area contributed by atoms with Crippen molar-refractivity contribution in [3.05, 3.63) is 0 Å². The third-order valence-corrected chi connectivity index (χ3v) is 4.29. The fraction of sp³-hybridized carbons (Fsp3) is 1.00. The SMILES string of the molecule is CC(C)(C)NC[C@@H](O)COC1CCC(C(C)(C)C)CC1. The molecule has 3 heteroatoms. The van der Waals surface area contributed by atoms with Crippen LogP contribution < -0.4 is 5.32 Å². The molecule has 0 radical (unpaired) electrons. The third kappa shape index (κ3) is 7.05. The van der Waals surface area contributed by atoms with E-state index in [0.29, 0.717) is 24.7 Å². The maximum absolute atomic E-state index is 9.94. The second kappa shape index (κ2) is 7.24. The maximum Gasteiger partial charge on any atom is 0.0898 e. The van der Waals surface area contributed by atoms with E-state index in [1.807, 2.05) is 0 Å². The van der Waals surface area contributed by atoms with E-state index in [-0.39, 0.29) is 5.54 Å². The highest BCUT2D eigenvalue weighted by molar-refractivity contribution is 4.81. The fourth-order valence-electron chi connectivity index (χ4n) is 2.83. The minimum atomic E-state index is -0.408. The monoisotopic (exact) mass is 285 g/mol. The molecule has 0 heterocycles. The average Bonchev–Trinajstić information content (AvgIpc) is 2.32. The number of hydrogen-bond acceptors (Lipinski definition) is 3. The molecule has 0 aromatic carbocycles. The molecule has 0 spiro atoms. The number of aliphatic hydroxyl groups excluding tert-OH is 1. The summed E-state index contributed by atoms with van der Waals surface area (Å²) in [5.74, 6) is 0.815. The standard InChI is InChI=1S/C17H35NO2/c1-16(2,3)13-7-9-15(10-8-13)20-12-14(19)11-18-17(4,5)6/h13-15,18-19H,7-12H2,1-6H3/t13?,14-,15?/m1/s1. The highest BCUT2D eigenvalue weighted by Crippen LogP contribution is 2.38. The molecule has 0 bridgehead atoms. The summed E-state index contributed by atoms with van der Waals surface area (Å²) in [5, 5.41) is 13.2. The van der Waals surface area contributed by atoms with E-state index in [1.165, 1.54) is 12.8 Å². The number of β-amino-alcohol motifs (C(OH)–C–C–N with tert-alkyl or cyclic N) is 1. The van der Waals surface area contributed by atoms with Crippen molar-refractivity contribution in [3.8, 4) is 0 Å². The Morgan fingerprint density at radius 2 is 1.60 bits per heavy atom. The van der Waals surface area contributed by atoms with Gasteiger partial charge in [-0.3, -0.25) is 0 Å². The summed E-state index contributed by atoms with van der Waals surface area (Å²) in [4.78, 5) is 0. The second-order valence-electron chi connectivity index (χ2n) is 8.46. The zero-order valence-corrected chi connectivity index (χ0v) is 14.3. The van der Waals surface area contributed by atoms with Gasteiger partial charge < -0.3 is 15.2 Å². The minimum Gasteiger partial charge on any atom is -0.389 e. The van der Waals surface area contributed by atoms with Gasteiger partial charge in [0.25, 0.3) is 0 Å². The van der Waals surface area contributed by atoms with Crippen LogP contribution in [0.4, 0.5) is 0 Å². The van der Waals surface area contributed by atoms with Crippen molar-refractivity contribution in [1.82, 2.24) is 5.32 Å². The lowest BCUT2D eigenvalue weighted by Gasteiger charge is -2.37. The number of ether oxygens (including phenoxy) is 1. The molecule has 1 fully saturated rings. The Kier molecular flexibility index (Phi) is 6.49.